The number of aliphatic hydroxyl groups is 1. The molecule has 0 radical (unpaired) electrons. The summed E-state index contributed by atoms with van der Waals surface area (Å²) in [6.07, 6.45) is 0. The molecule has 17 heavy (non-hydrogen) atoms. The number of carbonyl (C=O) groups is 1. The molecule has 0 aromatic rings. The minimum atomic E-state index is -0.837. The SMILES string of the molecule is COCCNC(=O)CNCC(C)(O)CN(C)C. The van der Waals surface area contributed by atoms with Crippen LogP contribution in [-0.2, 0) is 9.53 Å². The van der Waals surface area contributed by atoms with Crippen molar-refractivity contribution in [2.45, 2.75) is 12.5 Å². The van der Waals surface area contributed by atoms with E-state index in [-0.39, 0.29) is 12.5 Å². The van der Waals surface area contributed by atoms with Crippen LogP contribution in [0.2, 0.25) is 0 Å². The fourth-order valence-electron chi connectivity index (χ4n) is 1.54. The number of rotatable bonds is 9. The van der Waals surface area contributed by atoms with Crippen LogP contribution in [0.25, 0.3) is 0 Å². The van der Waals surface area contributed by atoms with Gasteiger partial charge in [0.2, 0.25) is 5.91 Å². The molecule has 102 valence electrons. The van der Waals surface area contributed by atoms with E-state index in [0.29, 0.717) is 26.2 Å². The zero-order chi connectivity index (χ0) is 13.3. The zero-order valence-corrected chi connectivity index (χ0v) is 11.2. The van der Waals surface area contributed by atoms with Crippen molar-refractivity contribution in [2.24, 2.45) is 0 Å². The van der Waals surface area contributed by atoms with Crippen molar-refractivity contribution in [3.05, 3.63) is 0 Å². The molecule has 1 unspecified atom stereocenters. The highest BCUT2D eigenvalue weighted by Crippen LogP contribution is 2.01. The molecular weight excluding hydrogens is 222 g/mol. The van der Waals surface area contributed by atoms with E-state index in [0.717, 1.165) is 0 Å². The van der Waals surface area contributed by atoms with Gasteiger partial charge in [-0.15, -0.1) is 0 Å². The molecule has 1 amide bonds. The monoisotopic (exact) mass is 247 g/mol. The van der Waals surface area contributed by atoms with Crippen LogP contribution in [0.3, 0.4) is 0 Å². The minimum Gasteiger partial charge on any atom is -0.388 e. The molecular formula is C11H25N3O3. The van der Waals surface area contributed by atoms with E-state index in [2.05, 4.69) is 10.6 Å². The maximum atomic E-state index is 11.3. The number of hydrogen-bond donors (Lipinski definition) is 3. The summed E-state index contributed by atoms with van der Waals surface area (Å²) < 4.78 is 4.81. The highest BCUT2D eigenvalue weighted by atomic mass is 16.5. The molecule has 0 bridgehead atoms. The van der Waals surface area contributed by atoms with E-state index in [1.165, 1.54) is 0 Å². The van der Waals surface area contributed by atoms with Crippen molar-refractivity contribution >= 4 is 5.91 Å². The first kappa shape index (κ1) is 16.3. The van der Waals surface area contributed by atoms with Crippen molar-refractivity contribution in [1.29, 1.82) is 0 Å². The van der Waals surface area contributed by atoms with Crippen LogP contribution in [0.5, 0.6) is 0 Å². The maximum Gasteiger partial charge on any atom is 0.234 e. The van der Waals surface area contributed by atoms with Gasteiger partial charge in [-0.3, -0.25) is 4.79 Å². The van der Waals surface area contributed by atoms with E-state index >= 15 is 0 Å². The highest BCUT2D eigenvalue weighted by molar-refractivity contribution is 5.77. The fraction of sp³-hybridized carbons (Fsp3) is 0.909. The van der Waals surface area contributed by atoms with E-state index < -0.39 is 5.60 Å². The summed E-state index contributed by atoms with van der Waals surface area (Å²) >= 11 is 0. The number of nitrogens with one attached hydrogen (secondary N) is 2. The Morgan fingerprint density at radius 2 is 2.12 bits per heavy atom. The van der Waals surface area contributed by atoms with Gasteiger partial charge in [-0.25, -0.2) is 0 Å². The van der Waals surface area contributed by atoms with Gasteiger partial charge in [-0.1, -0.05) is 0 Å². The van der Waals surface area contributed by atoms with Crippen LogP contribution in [0.15, 0.2) is 0 Å². The molecule has 3 N–H and O–H groups in total. The Hall–Kier alpha value is -0.690. The zero-order valence-electron chi connectivity index (χ0n) is 11.2. The van der Waals surface area contributed by atoms with Crippen molar-refractivity contribution in [3.63, 3.8) is 0 Å². The summed E-state index contributed by atoms with van der Waals surface area (Å²) in [5, 5.41) is 15.6. The smallest absolute Gasteiger partial charge is 0.234 e. The van der Waals surface area contributed by atoms with Gasteiger partial charge >= 0.3 is 0 Å². The number of likely N-dealkylation sites (N-methyl/N-ethyl adjacent to an activating group) is 1. The van der Waals surface area contributed by atoms with E-state index in [4.69, 9.17) is 4.74 Å². The van der Waals surface area contributed by atoms with Crippen LogP contribution >= 0.6 is 0 Å². The molecule has 6 heteroatoms. The molecule has 0 saturated heterocycles. The molecule has 0 aromatic carbocycles. The van der Waals surface area contributed by atoms with E-state index in [9.17, 15) is 9.90 Å². The Morgan fingerprint density at radius 3 is 2.65 bits per heavy atom. The van der Waals surface area contributed by atoms with Gasteiger partial charge in [0, 0.05) is 26.7 Å². The first-order valence-corrected chi connectivity index (χ1v) is 5.71. The lowest BCUT2D eigenvalue weighted by atomic mass is 10.1. The molecule has 0 aromatic heterocycles. The minimum absolute atomic E-state index is 0.0947. The lowest BCUT2D eigenvalue weighted by molar-refractivity contribution is -0.120. The fourth-order valence-corrected chi connectivity index (χ4v) is 1.54. The molecule has 0 fully saturated rings. The first-order valence-electron chi connectivity index (χ1n) is 5.71. The summed E-state index contributed by atoms with van der Waals surface area (Å²) in [7, 11) is 5.38. The van der Waals surface area contributed by atoms with Crippen molar-refractivity contribution in [1.82, 2.24) is 15.5 Å². The summed E-state index contributed by atoms with van der Waals surface area (Å²) in [6, 6.07) is 0. The van der Waals surface area contributed by atoms with Crippen LogP contribution in [0.4, 0.5) is 0 Å². The largest absolute Gasteiger partial charge is 0.388 e. The van der Waals surface area contributed by atoms with Gasteiger partial charge in [-0.05, 0) is 21.0 Å². The Labute approximate surface area is 103 Å². The van der Waals surface area contributed by atoms with Crippen LogP contribution in [0, 0.1) is 0 Å². The summed E-state index contributed by atoms with van der Waals surface area (Å²) in [5.41, 5.74) is -0.837. The molecule has 0 saturated carbocycles. The van der Waals surface area contributed by atoms with Gasteiger partial charge in [0.05, 0.1) is 18.8 Å². The Bertz CT molecular complexity index is 220. The van der Waals surface area contributed by atoms with Crippen molar-refractivity contribution in [2.75, 3.05) is 54.0 Å². The number of methoxy groups -OCH3 is 1. The molecule has 1 atom stereocenters. The first-order chi connectivity index (χ1) is 7.87. The molecule has 0 aliphatic rings. The van der Waals surface area contributed by atoms with Gasteiger partial charge in [0.25, 0.3) is 0 Å². The lowest BCUT2D eigenvalue weighted by Crippen LogP contribution is -2.47. The second kappa shape index (κ2) is 8.41. The third kappa shape index (κ3) is 10.2. The van der Waals surface area contributed by atoms with Crippen LogP contribution < -0.4 is 10.6 Å². The second-order valence-electron chi connectivity index (χ2n) is 4.68. The molecule has 0 aliphatic carbocycles. The lowest BCUT2D eigenvalue weighted by Gasteiger charge is -2.27. The summed E-state index contributed by atoms with van der Waals surface area (Å²) in [4.78, 5) is 13.2. The molecule has 0 heterocycles. The van der Waals surface area contributed by atoms with Gasteiger partial charge in [-0.2, -0.15) is 0 Å². The molecule has 0 aliphatic heterocycles. The summed E-state index contributed by atoms with van der Waals surface area (Å²) in [6.45, 7) is 3.87. The maximum absolute atomic E-state index is 11.3. The third-order valence-electron chi connectivity index (χ3n) is 2.08. The average molecular weight is 247 g/mol. The second-order valence-corrected chi connectivity index (χ2v) is 4.68. The Balaban J connectivity index is 3.64. The van der Waals surface area contributed by atoms with E-state index in [1.807, 2.05) is 19.0 Å². The Kier molecular flexibility index (Phi) is 8.07. The van der Waals surface area contributed by atoms with Crippen molar-refractivity contribution < 1.29 is 14.6 Å². The number of nitrogens with zero attached hydrogens (tertiary/aromatic N) is 1. The van der Waals surface area contributed by atoms with E-state index in [1.54, 1.807) is 14.0 Å². The number of hydrogen-bond acceptors (Lipinski definition) is 5. The Morgan fingerprint density at radius 1 is 1.47 bits per heavy atom. The molecule has 6 nitrogen and oxygen atoms in total. The predicted molar refractivity (Wildman–Crippen MR) is 66.9 cm³/mol. The predicted octanol–water partition coefficient (Wildman–Crippen LogP) is -1.35. The van der Waals surface area contributed by atoms with Crippen LogP contribution in [-0.4, -0.2) is 75.5 Å². The highest BCUT2D eigenvalue weighted by Gasteiger charge is 2.20. The van der Waals surface area contributed by atoms with Crippen molar-refractivity contribution in [3.8, 4) is 0 Å². The van der Waals surface area contributed by atoms with Crippen LogP contribution in [0.1, 0.15) is 6.92 Å². The normalized spacial score (nSPS) is 14.7. The standard InChI is InChI=1S/C11H25N3O3/c1-11(16,9-14(2)3)8-12-7-10(15)13-5-6-17-4/h12,16H,5-9H2,1-4H3,(H,13,15). The quantitative estimate of drug-likeness (QED) is 0.439. The van der Waals surface area contributed by atoms with Gasteiger partial charge in [0.1, 0.15) is 0 Å². The third-order valence-corrected chi connectivity index (χ3v) is 2.08. The number of ether oxygens (including phenoxy) is 1. The molecule has 0 rings (SSSR count). The average Bonchev–Trinajstić information content (AvgIpc) is 2.15. The van der Waals surface area contributed by atoms with Gasteiger partial charge < -0.3 is 25.4 Å². The van der Waals surface area contributed by atoms with Gasteiger partial charge in [0.15, 0.2) is 0 Å². The summed E-state index contributed by atoms with van der Waals surface area (Å²) in [5.74, 6) is -0.0947. The number of amides is 1. The number of carbonyl (C=O) groups excluding carboxylic acids is 1. The topological polar surface area (TPSA) is 73.8 Å². The molecule has 0 spiro atoms.